The van der Waals surface area contributed by atoms with E-state index in [0.717, 1.165) is 10.5 Å². The van der Waals surface area contributed by atoms with Crippen LogP contribution in [0.3, 0.4) is 0 Å². The Bertz CT molecular complexity index is 876. The van der Waals surface area contributed by atoms with Gasteiger partial charge in [-0.25, -0.2) is 4.79 Å². The molecule has 1 atom stereocenters. The number of carbonyl (C=O) groups is 2. The Hall–Kier alpha value is -2.65. The second kappa shape index (κ2) is 9.33. The number of nitrogens with zero attached hydrogens (tertiary/aromatic N) is 1. The highest BCUT2D eigenvalue weighted by Crippen LogP contribution is 2.26. The first-order chi connectivity index (χ1) is 12.8. The highest BCUT2D eigenvalue weighted by Gasteiger charge is 2.20. The molecule has 0 aliphatic carbocycles. The summed E-state index contributed by atoms with van der Waals surface area (Å²) in [4.78, 5) is 34.0. The van der Waals surface area contributed by atoms with Crippen LogP contribution in [0, 0.1) is 10.1 Å². The largest absolute Gasteiger partial charge is 0.482 e. The molecule has 0 bridgehead atoms. The third-order valence-corrected chi connectivity index (χ3v) is 4.06. The molecule has 1 amide bonds. The summed E-state index contributed by atoms with van der Waals surface area (Å²) in [6.45, 7) is 1.01. The van der Waals surface area contributed by atoms with E-state index in [1.165, 1.54) is 19.1 Å². The summed E-state index contributed by atoms with van der Waals surface area (Å²) < 4.78 is 11.1. The van der Waals surface area contributed by atoms with Crippen LogP contribution >= 0.6 is 27.5 Å². The van der Waals surface area contributed by atoms with E-state index < -0.39 is 22.9 Å². The van der Waals surface area contributed by atoms with Crippen LogP contribution in [0.4, 0.5) is 11.4 Å². The molecular formula is C17H14BrClN2O6. The normalized spacial score (nSPS) is 11.4. The zero-order valence-electron chi connectivity index (χ0n) is 14.0. The number of non-ortho nitro benzene ring substituents is 1. The zero-order valence-corrected chi connectivity index (χ0v) is 16.3. The van der Waals surface area contributed by atoms with Crippen molar-refractivity contribution < 1.29 is 24.0 Å². The quantitative estimate of drug-likeness (QED) is 0.383. The topological polar surface area (TPSA) is 108 Å². The van der Waals surface area contributed by atoms with Gasteiger partial charge in [-0.1, -0.05) is 33.6 Å². The SMILES string of the molecule is CC(OC(=O)COc1cccc(Br)c1)C(=O)Nc1ccc([N+](=O)[O-])cc1Cl. The number of carbonyl (C=O) groups excluding carboxylic acids is 2. The Morgan fingerprint density at radius 1 is 1.30 bits per heavy atom. The molecular weight excluding hydrogens is 444 g/mol. The zero-order chi connectivity index (χ0) is 20.0. The number of nitrogens with one attached hydrogen (secondary N) is 1. The molecule has 142 valence electrons. The summed E-state index contributed by atoms with van der Waals surface area (Å²) in [5.74, 6) is -0.898. The molecule has 2 rings (SSSR count). The van der Waals surface area contributed by atoms with Crippen molar-refractivity contribution in [2.24, 2.45) is 0 Å². The first-order valence-corrected chi connectivity index (χ1v) is 8.76. The Labute approximate surface area is 167 Å². The molecule has 2 aromatic rings. The maximum Gasteiger partial charge on any atom is 0.344 e. The molecule has 0 aliphatic heterocycles. The monoisotopic (exact) mass is 456 g/mol. The van der Waals surface area contributed by atoms with Crippen molar-refractivity contribution in [1.29, 1.82) is 0 Å². The Kier molecular flexibility index (Phi) is 7.14. The molecule has 0 aromatic heterocycles. The number of nitro groups is 1. The molecule has 27 heavy (non-hydrogen) atoms. The number of ether oxygens (including phenoxy) is 2. The van der Waals surface area contributed by atoms with Gasteiger partial charge >= 0.3 is 5.97 Å². The van der Waals surface area contributed by atoms with Crippen LogP contribution in [-0.2, 0) is 14.3 Å². The van der Waals surface area contributed by atoms with E-state index in [2.05, 4.69) is 21.2 Å². The lowest BCUT2D eigenvalue weighted by atomic mass is 10.2. The van der Waals surface area contributed by atoms with Gasteiger partial charge in [0.2, 0.25) is 0 Å². The summed E-state index contributed by atoms with van der Waals surface area (Å²) in [5, 5.41) is 13.1. The van der Waals surface area contributed by atoms with Gasteiger partial charge in [-0.3, -0.25) is 14.9 Å². The van der Waals surface area contributed by atoms with Crippen LogP contribution in [0.1, 0.15) is 6.92 Å². The van der Waals surface area contributed by atoms with Gasteiger partial charge in [-0.05, 0) is 31.2 Å². The molecule has 0 heterocycles. The van der Waals surface area contributed by atoms with Crippen molar-refractivity contribution in [2.45, 2.75) is 13.0 Å². The van der Waals surface area contributed by atoms with E-state index in [4.69, 9.17) is 21.1 Å². The minimum absolute atomic E-state index is 0.00550. The number of anilines is 1. The molecule has 1 N–H and O–H groups in total. The number of esters is 1. The number of hydrogen-bond donors (Lipinski definition) is 1. The number of rotatable bonds is 7. The van der Waals surface area contributed by atoms with Crippen molar-refractivity contribution >= 4 is 50.8 Å². The average molecular weight is 458 g/mol. The van der Waals surface area contributed by atoms with Gasteiger partial charge in [0, 0.05) is 16.6 Å². The lowest BCUT2D eigenvalue weighted by molar-refractivity contribution is -0.384. The van der Waals surface area contributed by atoms with E-state index in [-0.39, 0.29) is 23.0 Å². The van der Waals surface area contributed by atoms with Crippen LogP contribution in [0.15, 0.2) is 46.9 Å². The predicted octanol–water partition coefficient (Wildman–Crippen LogP) is 3.96. The van der Waals surface area contributed by atoms with E-state index in [0.29, 0.717) is 5.75 Å². The van der Waals surface area contributed by atoms with Crippen molar-refractivity contribution in [3.8, 4) is 5.75 Å². The third-order valence-electron chi connectivity index (χ3n) is 3.25. The number of amides is 1. The Morgan fingerprint density at radius 2 is 2.04 bits per heavy atom. The van der Waals surface area contributed by atoms with Crippen LogP contribution < -0.4 is 10.1 Å². The summed E-state index contributed by atoms with van der Waals surface area (Å²) >= 11 is 9.19. The highest BCUT2D eigenvalue weighted by atomic mass is 79.9. The van der Waals surface area contributed by atoms with Crippen LogP contribution in [0.2, 0.25) is 5.02 Å². The summed E-state index contributed by atoms with van der Waals surface area (Å²) in [6, 6.07) is 10.5. The molecule has 0 saturated carbocycles. The average Bonchev–Trinajstić information content (AvgIpc) is 2.61. The molecule has 8 nitrogen and oxygen atoms in total. The number of benzene rings is 2. The van der Waals surface area contributed by atoms with Gasteiger partial charge in [0.05, 0.1) is 15.6 Å². The molecule has 0 spiro atoms. The van der Waals surface area contributed by atoms with Gasteiger partial charge in [0.25, 0.3) is 11.6 Å². The van der Waals surface area contributed by atoms with Crippen LogP contribution in [0.5, 0.6) is 5.75 Å². The number of halogens is 2. The van der Waals surface area contributed by atoms with E-state index in [9.17, 15) is 19.7 Å². The van der Waals surface area contributed by atoms with Gasteiger partial charge in [-0.15, -0.1) is 0 Å². The fraction of sp³-hybridized carbons (Fsp3) is 0.176. The molecule has 0 fully saturated rings. The number of hydrogen-bond acceptors (Lipinski definition) is 6. The first-order valence-electron chi connectivity index (χ1n) is 7.59. The summed E-state index contributed by atoms with van der Waals surface area (Å²) in [5.41, 5.74) is -0.0391. The molecule has 1 unspecified atom stereocenters. The summed E-state index contributed by atoms with van der Waals surface area (Å²) in [7, 11) is 0. The minimum atomic E-state index is -1.12. The van der Waals surface area contributed by atoms with Gasteiger partial charge < -0.3 is 14.8 Å². The van der Waals surface area contributed by atoms with Crippen molar-refractivity contribution in [3.63, 3.8) is 0 Å². The second-order valence-corrected chi connectivity index (χ2v) is 6.61. The maximum atomic E-state index is 12.1. The summed E-state index contributed by atoms with van der Waals surface area (Å²) in [6.07, 6.45) is -1.12. The van der Waals surface area contributed by atoms with Crippen molar-refractivity contribution in [1.82, 2.24) is 0 Å². The lowest BCUT2D eigenvalue weighted by Crippen LogP contribution is -2.31. The van der Waals surface area contributed by atoms with Crippen LogP contribution in [0.25, 0.3) is 0 Å². The fourth-order valence-electron chi connectivity index (χ4n) is 1.94. The molecule has 0 saturated heterocycles. The van der Waals surface area contributed by atoms with Crippen LogP contribution in [-0.4, -0.2) is 29.5 Å². The smallest absolute Gasteiger partial charge is 0.344 e. The van der Waals surface area contributed by atoms with Gasteiger partial charge in [-0.2, -0.15) is 0 Å². The fourth-order valence-corrected chi connectivity index (χ4v) is 2.54. The van der Waals surface area contributed by atoms with E-state index >= 15 is 0 Å². The maximum absolute atomic E-state index is 12.1. The van der Waals surface area contributed by atoms with E-state index in [1.807, 2.05) is 0 Å². The minimum Gasteiger partial charge on any atom is -0.482 e. The van der Waals surface area contributed by atoms with E-state index in [1.54, 1.807) is 24.3 Å². The molecule has 2 aromatic carbocycles. The van der Waals surface area contributed by atoms with Gasteiger partial charge in [0.1, 0.15) is 5.75 Å². The molecule has 0 radical (unpaired) electrons. The third kappa shape index (κ3) is 6.22. The standard InChI is InChI=1S/C17H14BrClN2O6/c1-10(27-16(22)9-26-13-4-2-3-11(18)7-13)17(23)20-15-6-5-12(21(24)25)8-14(15)19/h2-8,10H,9H2,1H3,(H,20,23). The molecule has 10 heteroatoms. The predicted molar refractivity (Wildman–Crippen MR) is 102 cm³/mol. The van der Waals surface area contributed by atoms with Crippen molar-refractivity contribution in [2.75, 3.05) is 11.9 Å². The second-order valence-electron chi connectivity index (χ2n) is 5.29. The Balaban J connectivity index is 1.87. The molecule has 0 aliphatic rings. The lowest BCUT2D eigenvalue weighted by Gasteiger charge is -2.14. The Morgan fingerprint density at radius 3 is 2.67 bits per heavy atom. The van der Waals surface area contributed by atoms with Gasteiger partial charge in [0.15, 0.2) is 12.7 Å². The number of nitro benzene ring substituents is 1. The highest BCUT2D eigenvalue weighted by molar-refractivity contribution is 9.10. The first kappa shape index (κ1) is 20.7. The van der Waals surface area contributed by atoms with Crippen molar-refractivity contribution in [3.05, 3.63) is 62.1 Å².